The normalized spacial score (nSPS) is 5.00. The van der Waals surface area contributed by atoms with Gasteiger partial charge in [0.25, 0.3) is 5.69 Å². The van der Waals surface area contributed by atoms with Crippen molar-refractivity contribution >= 4 is 23.0 Å². The van der Waals surface area contributed by atoms with E-state index >= 15 is 0 Å². The molecule has 0 amide bonds. The average Bonchev–Trinajstić information content (AvgIpc) is 1.90. The SMILES string of the molecule is O=[N+]([O-])c1ccccc1.[Al+3].[Cl-].[Cl-].[Cl-].[Cl-].[Cl-].[Cu+2]. The predicted molar refractivity (Wildman–Crippen MR) is 38.9 cm³/mol. The molecule has 1 aromatic carbocycles. The second kappa shape index (κ2) is 25.1. The van der Waals surface area contributed by atoms with E-state index in [1.54, 1.807) is 18.2 Å². The first kappa shape index (κ1) is 43.4. The van der Waals surface area contributed by atoms with Crippen LogP contribution in [0.1, 0.15) is 0 Å². The predicted octanol–water partition coefficient (Wildman–Crippen LogP) is -13.8. The summed E-state index contributed by atoms with van der Waals surface area (Å²) in [5.74, 6) is 0. The van der Waals surface area contributed by atoms with Crippen molar-refractivity contribution in [3.05, 3.63) is 40.4 Å². The number of nitro benzene ring substituents is 1. The molecule has 0 heterocycles. The largest absolute Gasteiger partial charge is 3.00 e. The number of para-hydroxylation sites is 1. The molecule has 0 aliphatic heterocycles. The molecular weight excluding hydrogens is 386 g/mol. The van der Waals surface area contributed by atoms with Crippen molar-refractivity contribution < 1.29 is 84.0 Å². The zero-order valence-electron chi connectivity index (χ0n) is 7.42. The topological polar surface area (TPSA) is 43.1 Å². The Kier molecular flexibility index (Phi) is 68.1. The van der Waals surface area contributed by atoms with Gasteiger partial charge in [-0.3, -0.25) is 10.1 Å². The third-order valence-corrected chi connectivity index (χ3v) is 0.967. The maximum absolute atomic E-state index is 10.0. The van der Waals surface area contributed by atoms with Crippen molar-refractivity contribution in [2.24, 2.45) is 0 Å². The summed E-state index contributed by atoms with van der Waals surface area (Å²) in [7, 11) is 0. The Balaban J connectivity index is -0.0000000231. The van der Waals surface area contributed by atoms with Gasteiger partial charge in [0, 0.05) is 12.1 Å². The zero-order valence-corrected chi connectivity index (χ0v) is 13.3. The third-order valence-electron chi connectivity index (χ3n) is 0.967. The Hall–Kier alpha value is 1.12. The van der Waals surface area contributed by atoms with Gasteiger partial charge in [-0.25, -0.2) is 0 Å². The van der Waals surface area contributed by atoms with E-state index in [0.717, 1.165) is 0 Å². The molecule has 1 radical (unpaired) electrons. The van der Waals surface area contributed by atoms with Crippen LogP contribution >= 0.6 is 0 Å². The summed E-state index contributed by atoms with van der Waals surface area (Å²) in [6.45, 7) is 0. The van der Waals surface area contributed by atoms with E-state index in [-0.39, 0.29) is 102 Å². The van der Waals surface area contributed by atoms with E-state index < -0.39 is 4.92 Å². The Morgan fingerprint density at radius 1 is 0.875 bits per heavy atom. The molecular formula is C6H5AlCl5CuNO2. The first-order valence-corrected chi connectivity index (χ1v) is 2.50. The number of hydrogen-bond acceptors (Lipinski definition) is 2. The maximum Gasteiger partial charge on any atom is 3.00 e. The van der Waals surface area contributed by atoms with Crippen molar-refractivity contribution in [2.45, 2.75) is 0 Å². The van der Waals surface area contributed by atoms with E-state index in [4.69, 9.17) is 0 Å². The summed E-state index contributed by atoms with van der Waals surface area (Å²) >= 11 is 0. The van der Waals surface area contributed by atoms with Crippen molar-refractivity contribution in [2.75, 3.05) is 0 Å². The maximum atomic E-state index is 10.0. The van der Waals surface area contributed by atoms with Crippen LogP contribution in [0.25, 0.3) is 0 Å². The number of rotatable bonds is 1. The minimum Gasteiger partial charge on any atom is -1.00 e. The van der Waals surface area contributed by atoms with E-state index in [1.165, 1.54) is 12.1 Å². The fourth-order valence-corrected chi connectivity index (χ4v) is 0.550. The van der Waals surface area contributed by atoms with Gasteiger partial charge in [-0.1, -0.05) is 18.2 Å². The molecule has 0 aromatic heterocycles. The van der Waals surface area contributed by atoms with E-state index in [2.05, 4.69) is 0 Å². The van der Waals surface area contributed by atoms with Gasteiger partial charge in [-0.05, 0) is 0 Å². The van der Waals surface area contributed by atoms with Gasteiger partial charge in [0.2, 0.25) is 0 Å². The van der Waals surface area contributed by atoms with Crippen LogP contribution in [0.15, 0.2) is 30.3 Å². The molecule has 0 atom stereocenters. The molecule has 0 unspecified atom stereocenters. The number of hydrogen-bond donors (Lipinski definition) is 0. The molecule has 0 saturated heterocycles. The fraction of sp³-hybridized carbons (Fsp3) is 0. The second-order valence-corrected chi connectivity index (χ2v) is 1.59. The van der Waals surface area contributed by atoms with Gasteiger partial charge in [0.15, 0.2) is 0 Å². The van der Waals surface area contributed by atoms with Crippen LogP contribution in [0.3, 0.4) is 0 Å². The second-order valence-electron chi connectivity index (χ2n) is 1.59. The quantitative estimate of drug-likeness (QED) is 0.271. The van der Waals surface area contributed by atoms with Crippen molar-refractivity contribution in [3.63, 3.8) is 0 Å². The van der Waals surface area contributed by atoms with Crippen LogP contribution < -0.4 is 62.0 Å². The number of nitro groups is 1. The summed E-state index contributed by atoms with van der Waals surface area (Å²) < 4.78 is 0. The first-order chi connectivity index (χ1) is 4.30. The molecule has 0 aliphatic rings. The Labute approximate surface area is 146 Å². The molecule has 0 N–H and O–H groups in total. The van der Waals surface area contributed by atoms with Crippen LogP contribution in [0.2, 0.25) is 0 Å². The monoisotopic (exact) mass is 388 g/mol. The summed E-state index contributed by atoms with van der Waals surface area (Å²) in [6.07, 6.45) is 0. The molecule has 1 rings (SSSR count). The van der Waals surface area contributed by atoms with Gasteiger partial charge in [-0.15, -0.1) is 0 Å². The molecule has 0 fully saturated rings. The standard InChI is InChI=1S/C6H5NO2.Al.5ClH.Cu/c8-7(9)6-4-2-1-3-5-6;;;;;;;/h1-5H;;5*1H;/q;+3;;;;;;+2/p-5. The van der Waals surface area contributed by atoms with Gasteiger partial charge in [0.05, 0.1) is 4.92 Å². The molecule has 10 heteroatoms. The molecule has 0 spiro atoms. The zero-order chi connectivity index (χ0) is 6.69. The van der Waals surface area contributed by atoms with Gasteiger partial charge in [-0.2, -0.15) is 0 Å². The van der Waals surface area contributed by atoms with E-state index in [9.17, 15) is 10.1 Å². The van der Waals surface area contributed by atoms with Crippen LogP contribution in [-0.4, -0.2) is 22.3 Å². The van der Waals surface area contributed by atoms with Crippen molar-refractivity contribution in [1.82, 2.24) is 0 Å². The van der Waals surface area contributed by atoms with Crippen molar-refractivity contribution in [1.29, 1.82) is 0 Å². The van der Waals surface area contributed by atoms with Crippen LogP contribution in [0.4, 0.5) is 5.69 Å². The average molecular weight is 391 g/mol. The molecule has 95 valence electrons. The smallest absolute Gasteiger partial charge is 1.00 e. The molecule has 0 saturated carbocycles. The van der Waals surface area contributed by atoms with Crippen LogP contribution in [0, 0.1) is 10.1 Å². The van der Waals surface area contributed by atoms with Gasteiger partial charge >= 0.3 is 34.4 Å². The summed E-state index contributed by atoms with van der Waals surface area (Å²) in [5, 5.41) is 10.0. The summed E-state index contributed by atoms with van der Waals surface area (Å²) in [6, 6.07) is 7.93. The minimum atomic E-state index is -0.417. The fourth-order valence-electron chi connectivity index (χ4n) is 0.550. The molecule has 1 aromatic rings. The Morgan fingerprint density at radius 3 is 1.38 bits per heavy atom. The number of non-ortho nitro benzene ring substituents is 1. The molecule has 0 aliphatic carbocycles. The van der Waals surface area contributed by atoms with E-state index in [0.29, 0.717) is 0 Å². The Bertz CT molecular complexity index is 231. The molecule has 3 nitrogen and oxygen atoms in total. The first-order valence-electron chi connectivity index (χ1n) is 2.50. The van der Waals surface area contributed by atoms with Gasteiger partial charge in [0.1, 0.15) is 0 Å². The number of nitrogens with zero attached hydrogens (tertiary/aromatic N) is 1. The van der Waals surface area contributed by atoms with Crippen LogP contribution in [0.5, 0.6) is 0 Å². The minimum absolute atomic E-state index is 0. The Morgan fingerprint density at radius 2 is 1.19 bits per heavy atom. The molecule has 0 bridgehead atoms. The van der Waals surface area contributed by atoms with Crippen LogP contribution in [-0.2, 0) is 17.1 Å². The number of halogens is 5. The third kappa shape index (κ3) is 17.5. The van der Waals surface area contributed by atoms with Gasteiger partial charge < -0.3 is 62.0 Å². The summed E-state index contributed by atoms with van der Waals surface area (Å²) in [5.41, 5.74) is 0.137. The van der Waals surface area contributed by atoms with Crippen molar-refractivity contribution in [3.8, 4) is 0 Å². The summed E-state index contributed by atoms with van der Waals surface area (Å²) in [4.78, 5) is 9.59. The van der Waals surface area contributed by atoms with E-state index in [1.807, 2.05) is 0 Å². The number of benzene rings is 1. The molecule has 16 heavy (non-hydrogen) atoms.